The lowest BCUT2D eigenvalue weighted by Crippen LogP contribution is -2.38. The number of nitrogens with one attached hydrogen (secondary N) is 1. The van der Waals surface area contributed by atoms with E-state index in [0.717, 1.165) is 25.2 Å². The summed E-state index contributed by atoms with van der Waals surface area (Å²) in [5.74, 6) is 1.07. The molecule has 1 aromatic carbocycles. The number of hydrogen-bond acceptors (Lipinski definition) is 4. The van der Waals surface area contributed by atoms with E-state index in [1.54, 1.807) is 6.33 Å². The van der Waals surface area contributed by atoms with Crippen molar-refractivity contribution in [3.8, 4) is 0 Å². The molecule has 0 saturated carbocycles. The molecular weight excluding hydrogens is 268 g/mol. The van der Waals surface area contributed by atoms with E-state index in [2.05, 4.69) is 46.6 Å². The molecule has 0 aliphatic carbocycles. The third kappa shape index (κ3) is 2.60. The van der Waals surface area contributed by atoms with Crippen LogP contribution in [0.4, 0.5) is 0 Å². The van der Waals surface area contributed by atoms with Crippen LogP contribution in [-0.2, 0) is 19.4 Å². The van der Waals surface area contributed by atoms with Crippen molar-refractivity contribution in [3.05, 3.63) is 42.0 Å². The monoisotopic (exact) mass is 288 g/mol. The van der Waals surface area contributed by atoms with Crippen molar-refractivity contribution in [2.24, 2.45) is 0 Å². The zero-order chi connectivity index (χ0) is 13.9. The molecule has 106 valence electrons. The van der Waals surface area contributed by atoms with Gasteiger partial charge >= 0.3 is 0 Å². The molecule has 1 aliphatic heterocycles. The maximum Gasteiger partial charge on any atom is 0.138 e. The molecule has 0 radical (unpaired) electrons. The molecule has 1 aromatic heterocycles. The van der Waals surface area contributed by atoms with E-state index in [1.165, 1.54) is 10.5 Å². The van der Waals surface area contributed by atoms with Crippen LogP contribution in [0.25, 0.3) is 0 Å². The molecule has 2 heterocycles. The lowest BCUT2D eigenvalue weighted by atomic mass is 10.0. The van der Waals surface area contributed by atoms with E-state index in [0.29, 0.717) is 11.3 Å². The first-order valence-corrected chi connectivity index (χ1v) is 7.98. The molecule has 0 fully saturated rings. The predicted octanol–water partition coefficient (Wildman–Crippen LogP) is 2.15. The van der Waals surface area contributed by atoms with Gasteiger partial charge in [-0.25, -0.2) is 4.98 Å². The second kappa shape index (κ2) is 5.97. The number of likely N-dealkylation sites (N-methyl/N-ethyl adjacent to an activating group) is 1. The summed E-state index contributed by atoms with van der Waals surface area (Å²) in [5, 5.41) is 8.29. The first kappa shape index (κ1) is 13.6. The second-order valence-corrected chi connectivity index (χ2v) is 6.34. The lowest BCUT2D eigenvalue weighted by molar-refractivity contribution is 0.501. The molecule has 0 saturated heterocycles. The Morgan fingerprint density at radius 3 is 3.05 bits per heavy atom. The van der Waals surface area contributed by atoms with Gasteiger partial charge in [-0.1, -0.05) is 18.2 Å². The minimum atomic E-state index is 0.418. The topological polar surface area (TPSA) is 42.7 Å². The standard InChI is InChI=1S/C15H20N4S/c1-3-19-15(17-10-18-19)9-12(16-2)14-8-11-6-4-5-7-13(11)20-14/h4-7,10,12,14,16H,3,8-9H2,1-2H3. The molecule has 0 amide bonds. The van der Waals surface area contributed by atoms with Crippen LogP contribution in [0.2, 0.25) is 0 Å². The van der Waals surface area contributed by atoms with Crippen molar-refractivity contribution in [1.82, 2.24) is 20.1 Å². The molecule has 0 bridgehead atoms. The molecule has 20 heavy (non-hydrogen) atoms. The minimum Gasteiger partial charge on any atom is -0.315 e. The van der Waals surface area contributed by atoms with Gasteiger partial charge in [-0.05, 0) is 32.0 Å². The fourth-order valence-electron chi connectivity index (χ4n) is 2.76. The van der Waals surface area contributed by atoms with Gasteiger partial charge in [-0.15, -0.1) is 11.8 Å². The average Bonchev–Trinajstić information content (AvgIpc) is 3.10. The number of fused-ring (bicyclic) bond motifs is 1. The molecule has 0 spiro atoms. The number of aromatic nitrogens is 3. The highest BCUT2D eigenvalue weighted by Gasteiger charge is 2.29. The summed E-state index contributed by atoms with van der Waals surface area (Å²) in [6, 6.07) is 9.13. The summed E-state index contributed by atoms with van der Waals surface area (Å²) < 4.78 is 1.98. The van der Waals surface area contributed by atoms with Crippen molar-refractivity contribution in [3.63, 3.8) is 0 Å². The molecule has 2 aromatic rings. The lowest BCUT2D eigenvalue weighted by Gasteiger charge is -2.22. The zero-order valence-corrected chi connectivity index (χ0v) is 12.7. The Morgan fingerprint density at radius 2 is 2.30 bits per heavy atom. The smallest absolute Gasteiger partial charge is 0.138 e. The van der Waals surface area contributed by atoms with Gasteiger partial charge in [0.05, 0.1) is 0 Å². The van der Waals surface area contributed by atoms with Gasteiger partial charge in [0.15, 0.2) is 0 Å². The van der Waals surface area contributed by atoms with Gasteiger partial charge < -0.3 is 5.32 Å². The van der Waals surface area contributed by atoms with Crippen LogP contribution >= 0.6 is 11.8 Å². The number of benzene rings is 1. The first-order valence-electron chi connectivity index (χ1n) is 7.10. The van der Waals surface area contributed by atoms with Crippen molar-refractivity contribution in [2.75, 3.05) is 7.05 Å². The molecule has 3 rings (SSSR count). The molecular formula is C15H20N4S. The van der Waals surface area contributed by atoms with E-state index in [4.69, 9.17) is 0 Å². The number of rotatable bonds is 5. The Labute approximate surface area is 124 Å². The zero-order valence-electron chi connectivity index (χ0n) is 11.9. The highest BCUT2D eigenvalue weighted by molar-refractivity contribution is 8.00. The second-order valence-electron chi connectivity index (χ2n) is 5.06. The summed E-state index contributed by atoms with van der Waals surface area (Å²) >= 11 is 1.98. The van der Waals surface area contributed by atoms with Crippen molar-refractivity contribution >= 4 is 11.8 Å². The molecule has 5 heteroatoms. The number of hydrogen-bond donors (Lipinski definition) is 1. The molecule has 2 unspecified atom stereocenters. The highest BCUT2D eigenvalue weighted by atomic mass is 32.2. The Bertz CT molecular complexity index is 556. The van der Waals surface area contributed by atoms with E-state index in [9.17, 15) is 0 Å². The SMILES string of the molecule is CCn1ncnc1CC(NC)C1Cc2ccccc2S1. The van der Waals surface area contributed by atoms with E-state index >= 15 is 0 Å². The summed E-state index contributed by atoms with van der Waals surface area (Å²) in [7, 11) is 2.04. The summed E-state index contributed by atoms with van der Waals surface area (Å²) in [5.41, 5.74) is 1.47. The Morgan fingerprint density at radius 1 is 1.45 bits per heavy atom. The summed E-state index contributed by atoms with van der Waals surface area (Å²) in [6.45, 7) is 2.98. The number of aryl methyl sites for hydroxylation is 1. The van der Waals surface area contributed by atoms with E-state index in [1.807, 2.05) is 23.5 Å². The normalized spacial score (nSPS) is 19.0. The van der Waals surface area contributed by atoms with Gasteiger partial charge in [0.1, 0.15) is 12.2 Å². The molecule has 4 nitrogen and oxygen atoms in total. The fraction of sp³-hybridized carbons (Fsp3) is 0.467. The Balaban J connectivity index is 1.73. The van der Waals surface area contributed by atoms with Gasteiger partial charge in [-0.2, -0.15) is 5.10 Å². The van der Waals surface area contributed by atoms with Crippen LogP contribution in [0.5, 0.6) is 0 Å². The van der Waals surface area contributed by atoms with Crippen LogP contribution < -0.4 is 5.32 Å². The van der Waals surface area contributed by atoms with E-state index < -0.39 is 0 Å². The minimum absolute atomic E-state index is 0.418. The molecule has 1 aliphatic rings. The highest BCUT2D eigenvalue weighted by Crippen LogP contribution is 2.38. The number of nitrogens with zero attached hydrogens (tertiary/aromatic N) is 3. The largest absolute Gasteiger partial charge is 0.315 e. The summed E-state index contributed by atoms with van der Waals surface area (Å²) in [4.78, 5) is 5.82. The van der Waals surface area contributed by atoms with Gasteiger partial charge in [0.2, 0.25) is 0 Å². The van der Waals surface area contributed by atoms with Crippen LogP contribution in [0.15, 0.2) is 35.5 Å². The average molecular weight is 288 g/mol. The van der Waals surface area contributed by atoms with Gasteiger partial charge in [-0.3, -0.25) is 4.68 Å². The third-order valence-electron chi connectivity index (χ3n) is 3.89. The summed E-state index contributed by atoms with van der Waals surface area (Å²) in [6.07, 6.45) is 3.71. The van der Waals surface area contributed by atoms with Crippen LogP contribution in [0.1, 0.15) is 18.3 Å². The van der Waals surface area contributed by atoms with Crippen LogP contribution in [0, 0.1) is 0 Å². The molecule has 2 atom stereocenters. The van der Waals surface area contributed by atoms with Gasteiger partial charge in [0.25, 0.3) is 0 Å². The van der Waals surface area contributed by atoms with Gasteiger partial charge in [0, 0.05) is 29.2 Å². The maximum absolute atomic E-state index is 4.40. The Hall–Kier alpha value is -1.33. The fourth-order valence-corrected chi connectivity index (χ4v) is 4.21. The van der Waals surface area contributed by atoms with E-state index in [-0.39, 0.29) is 0 Å². The third-order valence-corrected chi connectivity index (χ3v) is 5.34. The van der Waals surface area contributed by atoms with Crippen molar-refractivity contribution in [1.29, 1.82) is 0 Å². The first-order chi connectivity index (χ1) is 9.81. The van der Waals surface area contributed by atoms with Crippen molar-refractivity contribution < 1.29 is 0 Å². The predicted molar refractivity (Wildman–Crippen MR) is 82.0 cm³/mol. The van der Waals surface area contributed by atoms with Crippen LogP contribution in [-0.4, -0.2) is 33.1 Å². The number of thioether (sulfide) groups is 1. The maximum atomic E-state index is 4.40. The van der Waals surface area contributed by atoms with Crippen LogP contribution in [0.3, 0.4) is 0 Å². The quantitative estimate of drug-likeness (QED) is 0.915. The molecule has 1 N–H and O–H groups in total. The Kier molecular flexibility index (Phi) is 4.08. The van der Waals surface area contributed by atoms with Crippen molar-refractivity contribution in [2.45, 2.75) is 42.5 Å².